The summed E-state index contributed by atoms with van der Waals surface area (Å²) in [6.07, 6.45) is 1.52. The number of ether oxygens (including phenoxy) is 1. The summed E-state index contributed by atoms with van der Waals surface area (Å²) in [5.74, 6) is -0.598. The minimum absolute atomic E-state index is 0.0295. The molecule has 0 bridgehead atoms. The fourth-order valence-corrected chi connectivity index (χ4v) is 2.01. The maximum absolute atomic E-state index is 12.2. The number of carbonyl (C=O) groups is 1. The van der Waals surface area contributed by atoms with E-state index in [9.17, 15) is 13.6 Å². The normalized spacial score (nSPS) is 10.5. The number of nitrogens with one attached hydrogen (secondary N) is 1. The Hall–Kier alpha value is -2.41. The molecular weight excluding hydrogens is 328 g/mol. The molecule has 23 heavy (non-hydrogen) atoms. The van der Waals surface area contributed by atoms with Crippen LogP contribution in [0.4, 0.5) is 20.2 Å². The molecule has 0 radical (unpaired) electrons. The van der Waals surface area contributed by atoms with Crippen molar-refractivity contribution in [3.05, 3.63) is 47.2 Å². The maximum atomic E-state index is 12.2. The van der Waals surface area contributed by atoms with Crippen molar-refractivity contribution in [3.63, 3.8) is 0 Å². The quantitative estimate of drug-likeness (QED) is 0.901. The Morgan fingerprint density at radius 1 is 1.30 bits per heavy atom. The fraction of sp³-hybridized carbons (Fsp3) is 0.200. The first kappa shape index (κ1) is 17.0. The summed E-state index contributed by atoms with van der Waals surface area (Å²) in [5, 5.41) is 2.57. The maximum Gasteiger partial charge on any atom is 0.387 e. The molecule has 2 aromatic rings. The molecule has 0 saturated heterocycles. The van der Waals surface area contributed by atoms with E-state index in [1.165, 1.54) is 24.4 Å². The van der Waals surface area contributed by atoms with Gasteiger partial charge in [0.15, 0.2) is 0 Å². The zero-order chi connectivity index (χ0) is 17.0. The second kappa shape index (κ2) is 7.23. The predicted molar refractivity (Wildman–Crippen MR) is 84.6 cm³/mol. The Labute approximate surface area is 136 Å². The monoisotopic (exact) mass is 341 g/mol. The lowest BCUT2D eigenvalue weighted by molar-refractivity contribution is -0.0497. The lowest BCUT2D eigenvalue weighted by Crippen LogP contribution is -2.15. The molecule has 0 aliphatic rings. The summed E-state index contributed by atoms with van der Waals surface area (Å²) in [7, 11) is 3.69. The number of nitrogens with zero attached hydrogens (tertiary/aromatic N) is 2. The van der Waals surface area contributed by atoms with Gasteiger partial charge < -0.3 is 15.0 Å². The van der Waals surface area contributed by atoms with Gasteiger partial charge in [-0.05, 0) is 30.3 Å². The Bertz CT molecular complexity index is 711. The second-order valence-corrected chi connectivity index (χ2v) is 5.18. The largest absolute Gasteiger partial charge is 0.433 e. The van der Waals surface area contributed by atoms with Gasteiger partial charge in [0.25, 0.3) is 5.91 Å². The summed E-state index contributed by atoms with van der Waals surface area (Å²) in [5.41, 5.74) is 1.39. The van der Waals surface area contributed by atoms with Crippen molar-refractivity contribution in [3.8, 4) is 5.75 Å². The molecule has 0 saturated carbocycles. The molecule has 1 N–H and O–H groups in total. The standard InChI is InChI=1S/C15H14ClF2N3O2/c1-21(2)10-5-6-19-12(8-10)14(22)20-9-3-4-13(11(16)7-9)23-15(17)18/h3-8,15H,1-2H3,(H,20,22). The van der Waals surface area contributed by atoms with Crippen molar-refractivity contribution >= 4 is 28.9 Å². The van der Waals surface area contributed by atoms with Crippen molar-refractivity contribution in [1.29, 1.82) is 0 Å². The third-order valence-corrected chi connectivity index (χ3v) is 3.19. The van der Waals surface area contributed by atoms with Gasteiger partial charge in [-0.3, -0.25) is 9.78 Å². The molecule has 122 valence electrons. The molecular formula is C15H14ClF2N3O2. The zero-order valence-corrected chi connectivity index (χ0v) is 13.1. The van der Waals surface area contributed by atoms with Gasteiger partial charge in [0.2, 0.25) is 0 Å². The first-order valence-corrected chi connectivity index (χ1v) is 6.93. The van der Waals surface area contributed by atoms with Gasteiger partial charge in [0, 0.05) is 31.7 Å². The average molecular weight is 342 g/mol. The number of amides is 1. The second-order valence-electron chi connectivity index (χ2n) is 4.77. The van der Waals surface area contributed by atoms with Crippen molar-refractivity contribution in [2.24, 2.45) is 0 Å². The number of alkyl halides is 2. The van der Waals surface area contributed by atoms with Gasteiger partial charge in [0.1, 0.15) is 11.4 Å². The Morgan fingerprint density at radius 3 is 2.65 bits per heavy atom. The van der Waals surface area contributed by atoms with Gasteiger partial charge in [-0.1, -0.05) is 11.6 Å². The van der Waals surface area contributed by atoms with Crippen molar-refractivity contribution in [2.75, 3.05) is 24.3 Å². The molecule has 1 aromatic heterocycles. The number of anilines is 2. The molecule has 0 aliphatic carbocycles. The highest BCUT2D eigenvalue weighted by atomic mass is 35.5. The van der Waals surface area contributed by atoms with Gasteiger partial charge in [0.05, 0.1) is 5.02 Å². The topological polar surface area (TPSA) is 54.5 Å². The number of aromatic nitrogens is 1. The molecule has 2 rings (SSSR count). The fourth-order valence-electron chi connectivity index (χ4n) is 1.79. The van der Waals surface area contributed by atoms with Crippen LogP contribution in [0.1, 0.15) is 10.5 Å². The van der Waals surface area contributed by atoms with Crippen LogP contribution < -0.4 is 15.0 Å². The lowest BCUT2D eigenvalue weighted by atomic mass is 10.2. The molecule has 8 heteroatoms. The Kier molecular flexibility index (Phi) is 5.33. The summed E-state index contributed by atoms with van der Waals surface area (Å²) >= 11 is 5.84. The van der Waals surface area contributed by atoms with Crippen molar-refractivity contribution < 1.29 is 18.3 Å². The number of hydrogen-bond donors (Lipinski definition) is 1. The lowest BCUT2D eigenvalue weighted by Gasteiger charge is -2.13. The van der Waals surface area contributed by atoms with E-state index in [4.69, 9.17) is 11.6 Å². The predicted octanol–water partition coefficient (Wildman–Crippen LogP) is 3.65. The van der Waals surface area contributed by atoms with Crippen LogP contribution in [-0.4, -0.2) is 31.6 Å². The molecule has 0 fully saturated rings. The van der Waals surface area contributed by atoms with E-state index in [0.29, 0.717) is 5.69 Å². The number of hydrogen-bond acceptors (Lipinski definition) is 4. The molecule has 1 aromatic carbocycles. The SMILES string of the molecule is CN(C)c1ccnc(C(=O)Nc2ccc(OC(F)F)c(Cl)c2)c1. The molecule has 0 aliphatic heterocycles. The number of pyridine rings is 1. The van der Waals surface area contributed by atoms with E-state index in [0.717, 1.165) is 5.69 Å². The van der Waals surface area contributed by atoms with Crippen LogP contribution in [0.5, 0.6) is 5.75 Å². The van der Waals surface area contributed by atoms with Crippen LogP contribution >= 0.6 is 11.6 Å². The van der Waals surface area contributed by atoms with Crippen molar-refractivity contribution in [2.45, 2.75) is 6.61 Å². The summed E-state index contributed by atoms with van der Waals surface area (Å²) < 4.78 is 28.6. The number of carbonyl (C=O) groups excluding carboxylic acids is 1. The molecule has 1 amide bonds. The minimum Gasteiger partial charge on any atom is -0.433 e. The van der Waals surface area contributed by atoms with Crippen LogP contribution in [-0.2, 0) is 0 Å². The van der Waals surface area contributed by atoms with E-state index < -0.39 is 12.5 Å². The first-order chi connectivity index (χ1) is 10.9. The van der Waals surface area contributed by atoms with E-state index in [-0.39, 0.29) is 16.5 Å². The smallest absolute Gasteiger partial charge is 0.387 e. The van der Waals surface area contributed by atoms with E-state index >= 15 is 0 Å². The zero-order valence-electron chi connectivity index (χ0n) is 12.4. The highest BCUT2D eigenvalue weighted by molar-refractivity contribution is 6.32. The van der Waals surface area contributed by atoms with Crippen LogP contribution in [0.2, 0.25) is 5.02 Å². The summed E-state index contributed by atoms with van der Waals surface area (Å²) in [4.78, 5) is 18.0. The first-order valence-electron chi connectivity index (χ1n) is 6.56. The van der Waals surface area contributed by atoms with E-state index in [1.807, 2.05) is 19.0 Å². The highest BCUT2D eigenvalue weighted by Gasteiger charge is 2.12. The summed E-state index contributed by atoms with van der Waals surface area (Å²) in [6, 6.07) is 7.40. The Balaban J connectivity index is 2.14. The van der Waals surface area contributed by atoms with Gasteiger partial charge in [-0.25, -0.2) is 0 Å². The number of benzene rings is 1. The highest BCUT2D eigenvalue weighted by Crippen LogP contribution is 2.29. The van der Waals surface area contributed by atoms with Crippen molar-refractivity contribution in [1.82, 2.24) is 4.98 Å². The molecule has 1 heterocycles. The van der Waals surface area contributed by atoms with Crippen LogP contribution in [0.3, 0.4) is 0 Å². The average Bonchev–Trinajstić information content (AvgIpc) is 2.49. The summed E-state index contributed by atoms with van der Waals surface area (Å²) in [6.45, 7) is -2.97. The van der Waals surface area contributed by atoms with Gasteiger partial charge >= 0.3 is 6.61 Å². The van der Waals surface area contributed by atoms with Gasteiger partial charge in [-0.15, -0.1) is 0 Å². The van der Waals surface area contributed by atoms with E-state index in [2.05, 4.69) is 15.0 Å². The minimum atomic E-state index is -2.97. The van der Waals surface area contributed by atoms with Crippen LogP contribution in [0.15, 0.2) is 36.5 Å². The number of halogens is 3. The number of rotatable bonds is 5. The van der Waals surface area contributed by atoms with Crippen LogP contribution in [0.25, 0.3) is 0 Å². The van der Waals surface area contributed by atoms with E-state index in [1.54, 1.807) is 12.1 Å². The Morgan fingerprint density at radius 2 is 2.04 bits per heavy atom. The molecule has 5 nitrogen and oxygen atoms in total. The third kappa shape index (κ3) is 4.53. The van der Waals surface area contributed by atoms with Crippen LogP contribution in [0, 0.1) is 0 Å². The molecule has 0 atom stereocenters. The third-order valence-electron chi connectivity index (χ3n) is 2.90. The molecule has 0 unspecified atom stereocenters. The van der Waals surface area contributed by atoms with Gasteiger partial charge in [-0.2, -0.15) is 8.78 Å². The molecule has 0 spiro atoms.